The van der Waals surface area contributed by atoms with Gasteiger partial charge in [0, 0.05) is 30.5 Å². The molecule has 7 nitrogen and oxygen atoms in total. The number of non-ortho nitro benzene ring substituents is 1. The zero-order valence-corrected chi connectivity index (χ0v) is 18.2. The molecule has 1 N–H and O–H groups in total. The number of nitrogens with zero attached hydrogens (tertiary/aromatic N) is 2. The third kappa shape index (κ3) is 7.18. The Balaban J connectivity index is 2.02. The second-order valence-electron chi connectivity index (χ2n) is 7.26. The van der Waals surface area contributed by atoms with Crippen LogP contribution in [0.2, 0.25) is 0 Å². The Morgan fingerprint density at radius 3 is 2.23 bits per heavy atom. The predicted octanol–water partition coefficient (Wildman–Crippen LogP) is 3.77. The van der Waals surface area contributed by atoms with Gasteiger partial charge in [0.15, 0.2) is 0 Å². The van der Waals surface area contributed by atoms with Crippen molar-refractivity contribution in [3.8, 4) is 0 Å². The zero-order chi connectivity index (χ0) is 22.1. The van der Waals surface area contributed by atoms with Crippen LogP contribution < -0.4 is 5.32 Å². The van der Waals surface area contributed by atoms with Gasteiger partial charge in [-0.05, 0) is 31.9 Å². The fraction of sp³-hybridized carbons (Fsp3) is 0.364. The average Bonchev–Trinajstić information content (AvgIpc) is 2.72. The first kappa shape index (κ1) is 23.4. The van der Waals surface area contributed by atoms with Crippen molar-refractivity contribution < 1.29 is 14.5 Å². The minimum absolute atomic E-state index is 0.00913. The van der Waals surface area contributed by atoms with E-state index in [4.69, 9.17) is 0 Å². The minimum atomic E-state index is -0.597. The van der Waals surface area contributed by atoms with Gasteiger partial charge in [-0.1, -0.05) is 42.5 Å². The number of nitro groups is 1. The van der Waals surface area contributed by atoms with E-state index in [-0.39, 0.29) is 29.3 Å². The van der Waals surface area contributed by atoms with E-state index in [2.05, 4.69) is 5.32 Å². The van der Waals surface area contributed by atoms with Crippen molar-refractivity contribution in [3.63, 3.8) is 0 Å². The molecule has 2 rings (SSSR count). The van der Waals surface area contributed by atoms with Crippen molar-refractivity contribution in [2.24, 2.45) is 0 Å². The van der Waals surface area contributed by atoms with Crippen molar-refractivity contribution in [3.05, 3.63) is 75.8 Å². The largest absolute Gasteiger partial charge is 0.352 e. The van der Waals surface area contributed by atoms with Crippen LogP contribution in [0.25, 0.3) is 0 Å². The molecule has 2 aromatic carbocycles. The first-order valence-electron chi connectivity index (χ1n) is 9.72. The van der Waals surface area contributed by atoms with Crippen molar-refractivity contribution in [2.75, 3.05) is 5.75 Å². The molecule has 0 unspecified atom stereocenters. The van der Waals surface area contributed by atoms with Gasteiger partial charge in [-0.3, -0.25) is 19.7 Å². The molecule has 0 aromatic heterocycles. The SMILES string of the molecule is CC(C)NC(=O)[C@H](C)N(Cc1ccccc1)C(=O)CSCc1ccc([N+](=O)[O-])cc1. The van der Waals surface area contributed by atoms with Crippen LogP contribution in [0.1, 0.15) is 31.9 Å². The Labute approximate surface area is 181 Å². The average molecular weight is 430 g/mol. The van der Waals surface area contributed by atoms with E-state index in [9.17, 15) is 19.7 Å². The first-order chi connectivity index (χ1) is 14.3. The van der Waals surface area contributed by atoms with Crippen LogP contribution in [-0.4, -0.2) is 39.5 Å². The molecule has 0 saturated heterocycles. The lowest BCUT2D eigenvalue weighted by Crippen LogP contribution is -2.49. The molecule has 0 spiro atoms. The van der Waals surface area contributed by atoms with Gasteiger partial charge in [0.2, 0.25) is 11.8 Å². The second kappa shape index (κ2) is 11.3. The maximum absolute atomic E-state index is 12.9. The molecule has 1 atom stereocenters. The quantitative estimate of drug-likeness (QED) is 0.458. The number of nitrogens with one attached hydrogen (secondary N) is 1. The molecular formula is C22H27N3O4S. The van der Waals surface area contributed by atoms with E-state index in [1.54, 1.807) is 24.0 Å². The van der Waals surface area contributed by atoms with Crippen molar-refractivity contribution >= 4 is 29.3 Å². The molecule has 2 aromatic rings. The highest BCUT2D eigenvalue weighted by Gasteiger charge is 2.26. The molecular weight excluding hydrogens is 402 g/mol. The minimum Gasteiger partial charge on any atom is -0.352 e. The summed E-state index contributed by atoms with van der Waals surface area (Å²) < 4.78 is 0. The van der Waals surface area contributed by atoms with E-state index in [0.717, 1.165) is 11.1 Å². The summed E-state index contributed by atoms with van der Waals surface area (Å²) in [6, 6.07) is 15.3. The molecule has 30 heavy (non-hydrogen) atoms. The second-order valence-corrected chi connectivity index (χ2v) is 8.25. The number of carbonyl (C=O) groups excluding carboxylic acids is 2. The predicted molar refractivity (Wildman–Crippen MR) is 119 cm³/mol. The summed E-state index contributed by atoms with van der Waals surface area (Å²) in [5.74, 6) is 0.449. The van der Waals surface area contributed by atoms with Gasteiger partial charge in [0.25, 0.3) is 5.69 Å². The van der Waals surface area contributed by atoms with E-state index in [1.165, 1.54) is 23.9 Å². The first-order valence-corrected chi connectivity index (χ1v) is 10.9. The Morgan fingerprint density at radius 2 is 1.67 bits per heavy atom. The molecule has 0 radical (unpaired) electrons. The van der Waals surface area contributed by atoms with Crippen LogP contribution in [-0.2, 0) is 21.9 Å². The third-order valence-corrected chi connectivity index (χ3v) is 5.42. The number of amides is 2. The number of benzene rings is 2. The molecule has 0 aliphatic heterocycles. The Hall–Kier alpha value is -2.87. The Kier molecular flexibility index (Phi) is 8.86. The highest BCUT2D eigenvalue weighted by molar-refractivity contribution is 7.99. The van der Waals surface area contributed by atoms with E-state index < -0.39 is 11.0 Å². The molecule has 0 bridgehead atoms. The van der Waals surface area contributed by atoms with Crippen LogP contribution in [0.3, 0.4) is 0 Å². The fourth-order valence-electron chi connectivity index (χ4n) is 2.82. The summed E-state index contributed by atoms with van der Waals surface area (Å²) in [5.41, 5.74) is 1.90. The van der Waals surface area contributed by atoms with Gasteiger partial charge in [0.1, 0.15) is 6.04 Å². The summed E-state index contributed by atoms with van der Waals surface area (Å²) in [7, 11) is 0. The molecule has 0 aliphatic carbocycles. The Bertz CT molecular complexity index is 856. The lowest BCUT2D eigenvalue weighted by Gasteiger charge is -2.29. The van der Waals surface area contributed by atoms with E-state index in [1.807, 2.05) is 44.2 Å². The van der Waals surface area contributed by atoms with E-state index >= 15 is 0 Å². The summed E-state index contributed by atoms with van der Waals surface area (Å²) in [4.78, 5) is 37.4. The topological polar surface area (TPSA) is 92.6 Å². The fourth-order valence-corrected chi connectivity index (χ4v) is 3.69. The number of hydrogen-bond donors (Lipinski definition) is 1. The van der Waals surface area contributed by atoms with Gasteiger partial charge < -0.3 is 10.2 Å². The maximum Gasteiger partial charge on any atom is 0.269 e. The monoisotopic (exact) mass is 429 g/mol. The van der Waals surface area contributed by atoms with Gasteiger partial charge in [-0.15, -0.1) is 11.8 Å². The number of carbonyl (C=O) groups is 2. The maximum atomic E-state index is 12.9. The number of hydrogen-bond acceptors (Lipinski definition) is 5. The summed E-state index contributed by atoms with van der Waals surface area (Å²) >= 11 is 1.42. The summed E-state index contributed by atoms with van der Waals surface area (Å²) in [6.07, 6.45) is 0. The van der Waals surface area contributed by atoms with Crippen LogP contribution >= 0.6 is 11.8 Å². The van der Waals surface area contributed by atoms with Crippen molar-refractivity contribution in [1.82, 2.24) is 10.2 Å². The third-order valence-electron chi connectivity index (χ3n) is 4.44. The molecule has 0 aliphatic rings. The van der Waals surface area contributed by atoms with Crippen LogP contribution in [0.15, 0.2) is 54.6 Å². The van der Waals surface area contributed by atoms with Crippen molar-refractivity contribution in [1.29, 1.82) is 0 Å². The number of thioether (sulfide) groups is 1. The molecule has 2 amide bonds. The van der Waals surface area contributed by atoms with Crippen molar-refractivity contribution in [2.45, 2.75) is 45.2 Å². The van der Waals surface area contributed by atoms with Gasteiger partial charge in [0.05, 0.1) is 10.7 Å². The normalized spacial score (nSPS) is 11.7. The molecule has 8 heteroatoms. The van der Waals surface area contributed by atoms with Crippen LogP contribution in [0.5, 0.6) is 0 Å². The van der Waals surface area contributed by atoms with Gasteiger partial charge >= 0.3 is 0 Å². The lowest BCUT2D eigenvalue weighted by atomic mass is 10.1. The molecule has 0 fully saturated rings. The number of rotatable bonds is 10. The smallest absolute Gasteiger partial charge is 0.269 e. The van der Waals surface area contributed by atoms with E-state index in [0.29, 0.717) is 12.3 Å². The highest BCUT2D eigenvalue weighted by Crippen LogP contribution is 2.18. The molecule has 0 saturated carbocycles. The van der Waals surface area contributed by atoms with Gasteiger partial charge in [-0.2, -0.15) is 0 Å². The molecule has 160 valence electrons. The van der Waals surface area contributed by atoms with Crippen LogP contribution in [0.4, 0.5) is 5.69 Å². The highest BCUT2D eigenvalue weighted by atomic mass is 32.2. The van der Waals surface area contributed by atoms with Crippen LogP contribution in [0, 0.1) is 10.1 Å². The Morgan fingerprint density at radius 1 is 1.03 bits per heavy atom. The summed E-state index contributed by atoms with van der Waals surface area (Å²) in [5, 5.41) is 13.6. The standard InChI is InChI=1S/C22H27N3O4S/c1-16(2)23-22(27)17(3)24(13-18-7-5-4-6-8-18)21(26)15-30-14-19-9-11-20(12-10-19)25(28)29/h4-12,16-17H,13-15H2,1-3H3,(H,23,27)/t17-/m0/s1. The lowest BCUT2D eigenvalue weighted by molar-refractivity contribution is -0.384. The molecule has 0 heterocycles. The zero-order valence-electron chi connectivity index (χ0n) is 17.4. The summed E-state index contributed by atoms with van der Waals surface area (Å²) in [6.45, 7) is 5.85. The van der Waals surface area contributed by atoms with Gasteiger partial charge in [-0.25, -0.2) is 0 Å². The number of nitro benzene ring substituents is 1.